The maximum absolute atomic E-state index is 14.0. The third-order valence-corrected chi connectivity index (χ3v) is 3.96. The molecule has 130 valence electrons. The lowest BCUT2D eigenvalue weighted by Crippen LogP contribution is -2.11. The molecule has 3 rings (SSSR count). The Hall–Kier alpha value is -3.66. The van der Waals surface area contributed by atoms with E-state index in [1.54, 1.807) is 25.2 Å². The van der Waals surface area contributed by atoms with Gasteiger partial charge in [0, 0.05) is 24.4 Å². The normalized spacial score (nSPS) is 10.4. The van der Waals surface area contributed by atoms with Gasteiger partial charge in [-0.3, -0.25) is 0 Å². The van der Waals surface area contributed by atoms with Crippen LogP contribution in [0.5, 0.6) is 5.75 Å². The number of pyridine rings is 1. The molecule has 0 aliphatic rings. The number of nitriles is 1. The van der Waals surface area contributed by atoms with Crippen LogP contribution in [0, 0.1) is 23.0 Å². The van der Waals surface area contributed by atoms with Gasteiger partial charge in [0.15, 0.2) is 0 Å². The summed E-state index contributed by atoms with van der Waals surface area (Å²) < 4.78 is 27.2. The van der Waals surface area contributed by atoms with Crippen molar-refractivity contribution in [2.45, 2.75) is 0 Å². The highest BCUT2D eigenvalue weighted by atomic mass is 19.1. The van der Waals surface area contributed by atoms with Crippen LogP contribution in [-0.2, 0) is 0 Å². The van der Waals surface area contributed by atoms with Crippen molar-refractivity contribution in [3.05, 3.63) is 65.7 Å². The SMILES string of the molecule is CN(c1ccc(O)c(-c2ccc(C#N)c(N)n2)c1)c1ccc(F)cc1F. The summed E-state index contributed by atoms with van der Waals surface area (Å²) in [5.74, 6) is -1.36. The Kier molecular flexibility index (Phi) is 4.42. The zero-order valence-electron chi connectivity index (χ0n) is 13.7. The lowest BCUT2D eigenvalue weighted by Gasteiger charge is -2.21. The number of hydrogen-bond donors (Lipinski definition) is 2. The van der Waals surface area contributed by atoms with Gasteiger partial charge in [-0.05, 0) is 42.5 Å². The second kappa shape index (κ2) is 6.69. The fourth-order valence-electron chi connectivity index (χ4n) is 2.55. The minimum Gasteiger partial charge on any atom is -0.507 e. The predicted octanol–water partition coefficient (Wildman–Crippen LogP) is 3.95. The van der Waals surface area contributed by atoms with Crippen LogP contribution >= 0.6 is 0 Å². The first-order valence-corrected chi connectivity index (χ1v) is 7.59. The molecule has 0 bridgehead atoms. The predicted molar refractivity (Wildman–Crippen MR) is 94.9 cm³/mol. The number of phenolic OH excluding ortho intramolecular Hbond substituents is 1. The van der Waals surface area contributed by atoms with Crippen molar-refractivity contribution < 1.29 is 13.9 Å². The molecule has 26 heavy (non-hydrogen) atoms. The largest absolute Gasteiger partial charge is 0.507 e. The average Bonchev–Trinajstić information content (AvgIpc) is 2.61. The molecule has 0 atom stereocenters. The molecule has 0 aliphatic carbocycles. The van der Waals surface area contributed by atoms with Gasteiger partial charge in [-0.2, -0.15) is 5.26 Å². The third-order valence-electron chi connectivity index (χ3n) is 3.96. The highest BCUT2D eigenvalue weighted by Crippen LogP contribution is 2.35. The van der Waals surface area contributed by atoms with E-state index in [1.165, 1.54) is 29.2 Å². The molecule has 0 radical (unpaired) electrons. The number of rotatable bonds is 3. The van der Waals surface area contributed by atoms with Crippen LogP contribution in [0.15, 0.2) is 48.5 Å². The first-order chi connectivity index (χ1) is 12.4. The van der Waals surface area contributed by atoms with Crippen LogP contribution in [-0.4, -0.2) is 17.1 Å². The average molecular weight is 352 g/mol. The number of aromatic hydroxyl groups is 1. The van der Waals surface area contributed by atoms with Crippen molar-refractivity contribution in [1.82, 2.24) is 4.98 Å². The number of aromatic nitrogens is 1. The molecule has 0 amide bonds. The van der Waals surface area contributed by atoms with Crippen LogP contribution in [0.1, 0.15) is 5.56 Å². The Morgan fingerprint density at radius 2 is 1.88 bits per heavy atom. The zero-order chi connectivity index (χ0) is 18.8. The fraction of sp³-hybridized carbons (Fsp3) is 0.0526. The monoisotopic (exact) mass is 352 g/mol. The number of anilines is 3. The molecule has 0 aliphatic heterocycles. The maximum Gasteiger partial charge on any atom is 0.149 e. The molecule has 0 fully saturated rings. The number of hydrogen-bond acceptors (Lipinski definition) is 5. The van der Waals surface area contributed by atoms with Crippen LogP contribution in [0.3, 0.4) is 0 Å². The molecule has 0 saturated heterocycles. The third kappa shape index (κ3) is 3.13. The Morgan fingerprint density at radius 1 is 1.12 bits per heavy atom. The fourth-order valence-corrected chi connectivity index (χ4v) is 2.55. The number of phenols is 1. The zero-order valence-corrected chi connectivity index (χ0v) is 13.7. The molecule has 3 aromatic rings. The number of nitrogens with two attached hydrogens (primary N) is 1. The molecule has 0 spiro atoms. The van der Waals surface area contributed by atoms with Crippen LogP contribution in [0.4, 0.5) is 26.0 Å². The van der Waals surface area contributed by atoms with Gasteiger partial charge >= 0.3 is 0 Å². The molecule has 3 N–H and O–H groups in total. The van der Waals surface area contributed by atoms with Gasteiger partial charge in [0.05, 0.1) is 16.9 Å². The molecule has 1 aromatic heterocycles. The summed E-state index contributed by atoms with van der Waals surface area (Å²) >= 11 is 0. The van der Waals surface area contributed by atoms with Crippen LogP contribution in [0.2, 0.25) is 0 Å². The number of nitrogens with zero attached hydrogens (tertiary/aromatic N) is 3. The number of nitrogen functional groups attached to an aromatic ring is 1. The summed E-state index contributed by atoms with van der Waals surface area (Å²) in [6.07, 6.45) is 0. The molecule has 1 heterocycles. The summed E-state index contributed by atoms with van der Waals surface area (Å²) in [6.45, 7) is 0. The molecule has 0 unspecified atom stereocenters. The van der Waals surface area contributed by atoms with Crippen molar-refractivity contribution in [2.24, 2.45) is 0 Å². The van der Waals surface area contributed by atoms with E-state index in [4.69, 9.17) is 11.0 Å². The summed E-state index contributed by atoms with van der Waals surface area (Å²) in [5.41, 5.74) is 7.43. The van der Waals surface area contributed by atoms with Gasteiger partial charge in [-0.15, -0.1) is 0 Å². The van der Waals surface area contributed by atoms with Crippen molar-refractivity contribution in [1.29, 1.82) is 5.26 Å². The van der Waals surface area contributed by atoms with Crippen LogP contribution in [0.25, 0.3) is 11.3 Å². The second-order valence-corrected chi connectivity index (χ2v) is 5.60. The minimum atomic E-state index is -0.706. The van der Waals surface area contributed by atoms with Gasteiger partial charge in [0.1, 0.15) is 29.3 Å². The summed E-state index contributed by atoms with van der Waals surface area (Å²) in [5, 5.41) is 19.1. The number of halogens is 2. The summed E-state index contributed by atoms with van der Waals surface area (Å²) in [4.78, 5) is 5.65. The lowest BCUT2D eigenvalue weighted by atomic mass is 10.1. The Bertz CT molecular complexity index is 1030. The summed E-state index contributed by atoms with van der Waals surface area (Å²) in [6, 6.07) is 12.9. The second-order valence-electron chi connectivity index (χ2n) is 5.60. The van der Waals surface area contributed by atoms with Gasteiger partial charge < -0.3 is 15.7 Å². The lowest BCUT2D eigenvalue weighted by molar-refractivity contribution is 0.477. The highest BCUT2D eigenvalue weighted by Gasteiger charge is 2.14. The van der Waals surface area contributed by atoms with E-state index in [2.05, 4.69) is 4.98 Å². The minimum absolute atomic E-state index is 0.0432. The Morgan fingerprint density at radius 3 is 2.54 bits per heavy atom. The Balaban J connectivity index is 2.05. The van der Waals surface area contributed by atoms with E-state index in [0.29, 0.717) is 16.9 Å². The van der Waals surface area contributed by atoms with Gasteiger partial charge in [0.2, 0.25) is 0 Å². The van der Waals surface area contributed by atoms with Crippen molar-refractivity contribution in [3.63, 3.8) is 0 Å². The van der Waals surface area contributed by atoms with Crippen molar-refractivity contribution in [2.75, 3.05) is 17.7 Å². The van der Waals surface area contributed by atoms with E-state index in [9.17, 15) is 13.9 Å². The molecule has 7 heteroatoms. The van der Waals surface area contributed by atoms with Gasteiger partial charge in [-0.1, -0.05) is 0 Å². The van der Waals surface area contributed by atoms with E-state index < -0.39 is 11.6 Å². The van der Waals surface area contributed by atoms with E-state index in [0.717, 1.165) is 6.07 Å². The Labute approximate surface area is 148 Å². The molecular weight excluding hydrogens is 338 g/mol. The summed E-state index contributed by atoms with van der Waals surface area (Å²) in [7, 11) is 1.62. The number of benzene rings is 2. The van der Waals surface area contributed by atoms with Gasteiger partial charge in [-0.25, -0.2) is 13.8 Å². The van der Waals surface area contributed by atoms with E-state index >= 15 is 0 Å². The quantitative estimate of drug-likeness (QED) is 0.745. The van der Waals surface area contributed by atoms with E-state index in [-0.39, 0.29) is 22.8 Å². The maximum atomic E-state index is 14.0. The van der Waals surface area contributed by atoms with Crippen LogP contribution < -0.4 is 10.6 Å². The molecule has 2 aromatic carbocycles. The highest BCUT2D eigenvalue weighted by molar-refractivity contribution is 5.76. The van der Waals surface area contributed by atoms with Crippen molar-refractivity contribution >= 4 is 17.2 Å². The first kappa shape index (κ1) is 17.2. The molecule has 5 nitrogen and oxygen atoms in total. The van der Waals surface area contributed by atoms with E-state index in [1.807, 2.05) is 6.07 Å². The van der Waals surface area contributed by atoms with Crippen molar-refractivity contribution in [3.8, 4) is 23.1 Å². The molecule has 0 saturated carbocycles. The first-order valence-electron chi connectivity index (χ1n) is 7.59. The molecular formula is C19H14F2N4O. The smallest absolute Gasteiger partial charge is 0.149 e. The standard InChI is InChI=1S/C19H14F2N4O/c1-25(17-6-3-12(20)8-15(17)21)13-4-7-18(26)14(9-13)16-5-2-11(10-22)19(23)24-16/h2-9,26H,1H3,(H2,23,24). The topological polar surface area (TPSA) is 86.2 Å². The van der Waals surface area contributed by atoms with Gasteiger partial charge in [0.25, 0.3) is 0 Å².